The van der Waals surface area contributed by atoms with Crippen molar-refractivity contribution in [1.82, 2.24) is 0 Å². The topological polar surface area (TPSA) is 3.24 Å². The minimum Gasteiger partial charge on any atom is -0.310 e. The van der Waals surface area contributed by atoms with Gasteiger partial charge in [-0.15, -0.1) is 22.7 Å². The lowest BCUT2D eigenvalue weighted by atomic mass is 10.00. The molecule has 10 rings (SSSR count). The zero-order chi connectivity index (χ0) is 32.3. The van der Waals surface area contributed by atoms with Crippen molar-refractivity contribution < 1.29 is 0 Å². The van der Waals surface area contributed by atoms with Crippen molar-refractivity contribution in [2.75, 3.05) is 4.90 Å². The third-order valence-electron chi connectivity index (χ3n) is 9.65. The molecule has 49 heavy (non-hydrogen) atoms. The lowest BCUT2D eigenvalue weighted by Crippen LogP contribution is -2.09. The van der Waals surface area contributed by atoms with Gasteiger partial charge in [0.05, 0.1) is 0 Å². The number of fused-ring (bicyclic) bond motifs is 7. The maximum Gasteiger partial charge on any atom is 0.0476 e. The van der Waals surface area contributed by atoms with Gasteiger partial charge in [-0.25, -0.2) is 0 Å². The summed E-state index contributed by atoms with van der Waals surface area (Å²) >= 11 is 3.73. The maximum absolute atomic E-state index is 2.40. The van der Waals surface area contributed by atoms with Crippen molar-refractivity contribution in [2.45, 2.75) is 0 Å². The molecule has 0 radical (unpaired) electrons. The van der Waals surface area contributed by atoms with Gasteiger partial charge in [0.15, 0.2) is 0 Å². The van der Waals surface area contributed by atoms with Crippen molar-refractivity contribution in [1.29, 1.82) is 0 Å². The van der Waals surface area contributed by atoms with E-state index in [1.165, 1.54) is 73.4 Å². The summed E-state index contributed by atoms with van der Waals surface area (Å²) in [5.41, 5.74) is 8.27. The minimum absolute atomic E-state index is 1.13. The van der Waals surface area contributed by atoms with Crippen LogP contribution < -0.4 is 4.90 Å². The molecule has 0 spiro atoms. The van der Waals surface area contributed by atoms with E-state index in [9.17, 15) is 0 Å². The van der Waals surface area contributed by atoms with Gasteiger partial charge in [0, 0.05) is 57.4 Å². The number of hydrogen-bond acceptors (Lipinski definition) is 3. The fourth-order valence-corrected chi connectivity index (χ4v) is 9.49. The number of thiophene rings is 2. The predicted molar refractivity (Wildman–Crippen MR) is 215 cm³/mol. The van der Waals surface area contributed by atoms with Crippen LogP contribution in [-0.4, -0.2) is 0 Å². The van der Waals surface area contributed by atoms with Gasteiger partial charge < -0.3 is 4.90 Å². The molecule has 0 atom stereocenters. The average molecular weight is 660 g/mol. The zero-order valence-corrected chi connectivity index (χ0v) is 28.1. The maximum atomic E-state index is 2.40. The fraction of sp³-hybridized carbons (Fsp3) is 0. The first kappa shape index (κ1) is 28.3. The molecule has 0 unspecified atom stereocenters. The quantitative estimate of drug-likeness (QED) is 0.178. The van der Waals surface area contributed by atoms with Crippen LogP contribution in [0.2, 0.25) is 0 Å². The Labute approximate surface area is 292 Å². The molecule has 2 heterocycles. The van der Waals surface area contributed by atoms with Crippen LogP contribution in [0, 0.1) is 0 Å². The summed E-state index contributed by atoms with van der Waals surface area (Å²) in [5, 5.41) is 7.80. The third-order valence-corrected chi connectivity index (χ3v) is 11.9. The molecule has 0 aliphatic carbocycles. The minimum atomic E-state index is 1.13. The Bertz CT molecular complexity index is 2840. The molecule has 0 amide bonds. The highest BCUT2D eigenvalue weighted by molar-refractivity contribution is 7.26. The molecule has 0 saturated heterocycles. The van der Waals surface area contributed by atoms with Gasteiger partial charge in [0.1, 0.15) is 0 Å². The molecule has 10 aromatic rings. The van der Waals surface area contributed by atoms with Crippen LogP contribution in [0.15, 0.2) is 176 Å². The van der Waals surface area contributed by atoms with Crippen LogP contribution in [0.4, 0.5) is 17.1 Å². The molecule has 8 aromatic carbocycles. The Morgan fingerprint density at radius 3 is 1.59 bits per heavy atom. The van der Waals surface area contributed by atoms with Crippen LogP contribution in [0.25, 0.3) is 73.4 Å². The second-order valence-corrected chi connectivity index (χ2v) is 14.7. The Morgan fingerprint density at radius 2 is 0.816 bits per heavy atom. The van der Waals surface area contributed by atoms with Gasteiger partial charge in [-0.3, -0.25) is 0 Å². The van der Waals surface area contributed by atoms with E-state index in [1.54, 1.807) is 0 Å². The van der Waals surface area contributed by atoms with Crippen molar-refractivity contribution in [3.63, 3.8) is 0 Å². The summed E-state index contributed by atoms with van der Waals surface area (Å²) < 4.78 is 5.27. The van der Waals surface area contributed by atoms with Crippen molar-refractivity contribution in [3.8, 4) is 22.3 Å². The standard InChI is InChI=1S/C46H29NS2/c1-2-9-32-26-34(17-16-30(32)8-1)33-10-7-11-37(27-33)47(38-23-25-42-40-13-4-6-15-44(40)49-46(42)29-38)36-21-18-31(19-22-36)35-20-24-41-39-12-3-5-14-43(39)48-45(41)28-35/h1-29H. The van der Waals surface area contributed by atoms with Crippen LogP contribution in [0.3, 0.4) is 0 Å². The van der Waals surface area contributed by atoms with E-state index in [1.807, 2.05) is 22.7 Å². The molecule has 0 fully saturated rings. The Morgan fingerprint density at radius 1 is 0.286 bits per heavy atom. The summed E-state index contributed by atoms with van der Waals surface area (Å²) in [6.45, 7) is 0. The molecule has 230 valence electrons. The predicted octanol–water partition coefficient (Wildman–Crippen LogP) is 14.4. The largest absolute Gasteiger partial charge is 0.310 e. The van der Waals surface area contributed by atoms with Gasteiger partial charge in [0.2, 0.25) is 0 Å². The average Bonchev–Trinajstić information content (AvgIpc) is 3.73. The molecule has 0 saturated carbocycles. The van der Waals surface area contributed by atoms with E-state index in [0.717, 1.165) is 17.1 Å². The molecule has 0 aliphatic rings. The summed E-state index contributed by atoms with van der Waals surface area (Å²) in [5.74, 6) is 0. The number of benzene rings is 8. The van der Waals surface area contributed by atoms with Crippen LogP contribution in [0.1, 0.15) is 0 Å². The lowest BCUT2D eigenvalue weighted by Gasteiger charge is -2.26. The number of anilines is 3. The number of nitrogens with zero attached hydrogens (tertiary/aromatic N) is 1. The monoisotopic (exact) mass is 659 g/mol. The summed E-state index contributed by atoms with van der Waals surface area (Å²) in [4.78, 5) is 2.40. The summed E-state index contributed by atoms with van der Waals surface area (Å²) in [6, 6.07) is 64.5. The molecule has 1 nitrogen and oxygen atoms in total. The summed E-state index contributed by atoms with van der Waals surface area (Å²) in [6.07, 6.45) is 0. The van der Waals surface area contributed by atoms with Crippen molar-refractivity contribution in [2.24, 2.45) is 0 Å². The normalized spacial score (nSPS) is 11.7. The SMILES string of the molecule is c1cc(-c2ccc3ccccc3c2)cc(N(c2ccc(-c3ccc4c(c3)sc3ccccc34)cc2)c2ccc3c(c2)sc2ccccc23)c1. The first-order valence-corrected chi connectivity index (χ1v) is 18.2. The Kier molecular flexibility index (Phi) is 6.61. The second-order valence-electron chi connectivity index (χ2n) is 12.6. The van der Waals surface area contributed by atoms with Gasteiger partial charge in [-0.1, -0.05) is 115 Å². The molecular formula is C46H29NS2. The van der Waals surface area contributed by atoms with Crippen molar-refractivity contribution >= 4 is 90.9 Å². The van der Waals surface area contributed by atoms with Gasteiger partial charge in [-0.2, -0.15) is 0 Å². The number of hydrogen-bond donors (Lipinski definition) is 0. The second kappa shape index (κ2) is 11.5. The Balaban J connectivity index is 1.09. The van der Waals surface area contributed by atoms with E-state index >= 15 is 0 Å². The molecular weight excluding hydrogens is 631 g/mol. The highest BCUT2D eigenvalue weighted by Gasteiger charge is 2.16. The van der Waals surface area contributed by atoms with E-state index in [2.05, 4.69) is 181 Å². The third kappa shape index (κ3) is 4.90. The Hall–Kier alpha value is -5.74. The number of rotatable bonds is 5. The van der Waals surface area contributed by atoms with E-state index in [-0.39, 0.29) is 0 Å². The fourth-order valence-electron chi connectivity index (χ4n) is 7.20. The van der Waals surface area contributed by atoms with Gasteiger partial charge >= 0.3 is 0 Å². The molecule has 0 N–H and O–H groups in total. The highest BCUT2D eigenvalue weighted by atomic mass is 32.1. The van der Waals surface area contributed by atoms with Gasteiger partial charge in [-0.05, 0) is 93.7 Å². The molecule has 0 bridgehead atoms. The molecule has 0 aliphatic heterocycles. The molecule has 2 aromatic heterocycles. The van der Waals surface area contributed by atoms with Crippen LogP contribution in [-0.2, 0) is 0 Å². The van der Waals surface area contributed by atoms with Crippen LogP contribution in [0.5, 0.6) is 0 Å². The van der Waals surface area contributed by atoms with Crippen LogP contribution >= 0.6 is 22.7 Å². The van der Waals surface area contributed by atoms with E-state index < -0.39 is 0 Å². The smallest absolute Gasteiger partial charge is 0.0476 e. The van der Waals surface area contributed by atoms with Crippen molar-refractivity contribution in [3.05, 3.63) is 176 Å². The first-order valence-electron chi connectivity index (χ1n) is 16.6. The van der Waals surface area contributed by atoms with Gasteiger partial charge in [0.25, 0.3) is 0 Å². The molecule has 3 heteroatoms. The lowest BCUT2D eigenvalue weighted by molar-refractivity contribution is 1.29. The highest BCUT2D eigenvalue weighted by Crippen LogP contribution is 2.42. The zero-order valence-electron chi connectivity index (χ0n) is 26.5. The van der Waals surface area contributed by atoms with E-state index in [0.29, 0.717) is 0 Å². The first-order chi connectivity index (χ1) is 24.2. The van der Waals surface area contributed by atoms with E-state index in [4.69, 9.17) is 0 Å². The summed E-state index contributed by atoms with van der Waals surface area (Å²) in [7, 11) is 0.